The lowest BCUT2D eigenvalue weighted by molar-refractivity contribution is 0.342. The fourth-order valence-corrected chi connectivity index (χ4v) is 4.83. The van der Waals surface area contributed by atoms with Crippen LogP contribution in [0.1, 0.15) is 18.9 Å². The summed E-state index contributed by atoms with van der Waals surface area (Å²) in [5.74, 6) is 0.432. The molecule has 1 fully saturated rings. The van der Waals surface area contributed by atoms with E-state index in [2.05, 4.69) is 21.9 Å². The summed E-state index contributed by atoms with van der Waals surface area (Å²) < 4.78 is 27.6. The molecule has 1 unspecified atom stereocenters. The minimum atomic E-state index is -3.35. The van der Waals surface area contributed by atoms with E-state index in [0.717, 1.165) is 31.6 Å². The maximum absolute atomic E-state index is 12.2. The Hall–Kier alpha value is -0.470. The summed E-state index contributed by atoms with van der Waals surface area (Å²) in [4.78, 5) is 2.36. The highest BCUT2D eigenvalue weighted by atomic mass is 32.2. The van der Waals surface area contributed by atoms with Crippen LogP contribution in [0.4, 0.5) is 0 Å². The van der Waals surface area contributed by atoms with Crippen LogP contribution in [0, 0.1) is 5.92 Å². The summed E-state index contributed by atoms with van der Waals surface area (Å²) >= 11 is 1.28. The predicted octanol–water partition coefficient (Wildman–Crippen LogP) is 1.09. The van der Waals surface area contributed by atoms with E-state index in [-0.39, 0.29) is 0 Å². The molecule has 1 saturated heterocycles. The molecule has 0 saturated carbocycles. The van der Waals surface area contributed by atoms with Crippen LogP contribution in [-0.2, 0) is 16.6 Å². The van der Waals surface area contributed by atoms with Crippen LogP contribution in [-0.4, -0.2) is 46.5 Å². The average Bonchev–Trinajstić information content (AvgIpc) is 3.06. The number of rotatable bonds is 7. The van der Waals surface area contributed by atoms with Gasteiger partial charge in [0.1, 0.15) is 4.21 Å². The second-order valence-electron chi connectivity index (χ2n) is 5.20. The van der Waals surface area contributed by atoms with E-state index >= 15 is 0 Å². The SMILES string of the molecule is CCN1CCC(CNS(=O)(=O)c2cc(CNC)cs2)C1. The van der Waals surface area contributed by atoms with Crippen molar-refractivity contribution in [2.24, 2.45) is 5.92 Å². The van der Waals surface area contributed by atoms with Gasteiger partial charge in [0.15, 0.2) is 0 Å². The van der Waals surface area contributed by atoms with Crippen molar-refractivity contribution in [1.29, 1.82) is 0 Å². The summed E-state index contributed by atoms with van der Waals surface area (Å²) in [5, 5.41) is 4.91. The number of sulfonamides is 1. The number of nitrogens with zero attached hydrogens (tertiary/aromatic N) is 1. The molecule has 1 aliphatic heterocycles. The topological polar surface area (TPSA) is 61.4 Å². The van der Waals surface area contributed by atoms with E-state index in [1.54, 1.807) is 6.07 Å². The van der Waals surface area contributed by atoms with Gasteiger partial charge < -0.3 is 10.2 Å². The Labute approximate surface area is 125 Å². The van der Waals surface area contributed by atoms with Crippen LogP contribution in [0.15, 0.2) is 15.7 Å². The lowest BCUT2D eigenvalue weighted by Crippen LogP contribution is -2.30. The quantitative estimate of drug-likeness (QED) is 0.790. The van der Waals surface area contributed by atoms with Gasteiger partial charge in [-0.2, -0.15) is 0 Å². The standard InChI is InChI=1S/C13H23N3O2S2/c1-3-16-5-4-11(9-16)8-15-20(17,18)13-6-12(7-14-2)10-19-13/h6,10-11,14-15H,3-5,7-9H2,1-2H3. The van der Waals surface area contributed by atoms with Gasteiger partial charge in [0, 0.05) is 19.6 Å². The van der Waals surface area contributed by atoms with Gasteiger partial charge >= 0.3 is 0 Å². The highest BCUT2D eigenvalue weighted by Gasteiger charge is 2.24. The van der Waals surface area contributed by atoms with E-state index in [9.17, 15) is 8.42 Å². The number of hydrogen-bond acceptors (Lipinski definition) is 5. The molecule has 1 aliphatic rings. The zero-order valence-electron chi connectivity index (χ0n) is 12.1. The van der Waals surface area contributed by atoms with E-state index in [4.69, 9.17) is 0 Å². The molecule has 1 atom stereocenters. The highest BCUT2D eigenvalue weighted by molar-refractivity contribution is 7.91. The Bertz CT molecular complexity index is 527. The van der Waals surface area contributed by atoms with Gasteiger partial charge in [-0.25, -0.2) is 13.1 Å². The second-order valence-corrected chi connectivity index (χ2v) is 8.11. The summed E-state index contributed by atoms with van der Waals surface area (Å²) in [6.45, 7) is 6.49. The second kappa shape index (κ2) is 7.00. The number of nitrogens with one attached hydrogen (secondary N) is 2. The first-order valence-corrected chi connectivity index (χ1v) is 9.35. The first-order valence-electron chi connectivity index (χ1n) is 6.99. The minimum absolute atomic E-state index is 0.410. The molecule has 0 bridgehead atoms. The van der Waals surface area contributed by atoms with Crippen LogP contribution in [0.25, 0.3) is 0 Å². The Balaban J connectivity index is 1.90. The molecule has 1 aromatic heterocycles. The van der Waals surface area contributed by atoms with Gasteiger partial charge in [0.25, 0.3) is 0 Å². The third-order valence-electron chi connectivity index (χ3n) is 3.65. The van der Waals surface area contributed by atoms with Crippen molar-refractivity contribution in [1.82, 2.24) is 14.9 Å². The van der Waals surface area contributed by atoms with E-state index < -0.39 is 10.0 Å². The first kappa shape index (κ1) is 15.9. The summed E-state index contributed by atoms with van der Waals surface area (Å²) in [6.07, 6.45) is 1.08. The molecule has 20 heavy (non-hydrogen) atoms. The van der Waals surface area contributed by atoms with Crippen LogP contribution in [0.3, 0.4) is 0 Å². The molecular weight excluding hydrogens is 294 g/mol. The van der Waals surface area contributed by atoms with Crippen molar-refractivity contribution in [3.8, 4) is 0 Å². The lowest BCUT2D eigenvalue weighted by atomic mass is 10.1. The monoisotopic (exact) mass is 317 g/mol. The van der Waals surface area contributed by atoms with Crippen LogP contribution in [0.5, 0.6) is 0 Å². The van der Waals surface area contributed by atoms with Crippen LogP contribution in [0.2, 0.25) is 0 Å². The fourth-order valence-electron chi connectivity index (χ4n) is 2.46. The number of hydrogen-bond donors (Lipinski definition) is 2. The molecule has 1 aromatic rings. The Morgan fingerprint density at radius 1 is 1.50 bits per heavy atom. The third kappa shape index (κ3) is 4.02. The molecule has 2 heterocycles. The fraction of sp³-hybridized carbons (Fsp3) is 0.692. The largest absolute Gasteiger partial charge is 0.316 e. The van der Waals surface area contributed by atoms with E-state index in [0.29, 0.717) is 23.2 Å². The van der Waals surface area contributed by atoms with Gasteiger partial charge in [-0.15, -0.1) is 11.3 Å². The van der Waals surface area contributed by atoms with E-state index in [1.807, 2.05) is 12.4 Å². The molecule has 0 aromatic carbocycles. The Morgan fingerprint density at radius 3 is 2.95 bits per heavy atom. The zero-order chi connectivity index (χ0) is 14.6. The van der Waals surface area contributed by atoms with Crippen molar-refractivity contribution >= 4 is 21.4 Å². The van der Waals surface area contributed by atoms with Gasteiger partial charge in [-0.05, 0) is 49.5 Å². The van der Waals surface area contributed by atoms with Gasteiger partial charge in [-0.1, -0.05) is 6.92 Å². The van der Waals surface area contributed by atoms with Crippen molar-refractivity contribution in [2.75, 3.05) is 33.2 Å². The molecule has 7 heteroatoms. The molecule has 2 rings (SSSR count). The summed E-state index contributed by atoms with van der Waals surface area (Å²) in [6, 6.07) is 1.75. The molecule has 114 valence electrons. The molecule has 0 aliphatic carbocycles. The maximum Gasteiger partial charge on any atom is 0.250 e. The zero-order valence-corrected chi connectivity index (χ0v) is 13.7. The van der Waals surface area contributed by atoms with Crippen LogP contribution < -0.4 is 10.0 Å². The van der Waals surface area contributed by atoms with Crippen molar-refractivity contribution in [2.45, 2.75) is 24.1 Å². The normalized spacial score (nSPS) is 20.6. The third-order valence-corrected chi connectivity index (χ3v) is 6.57. The van der Waals surface area contributed by atoms with Crippen molar-refractivity contribution in [3.05, 3.63) is 17.0 Å². The van der Waals surface area contributed by atoms with Gasteiger partial charge in [0.2, 0.25) is 10.0 Å². The molecule has 2 N–H and O–H groups in total. The summed E-state index contributed by atoms with van der Waals surface area (Å²) in [5.41, 5.74) is 1.01. The molecule has 0 spiro atoms. The highest BCUT2D eigenvalue weighted by Crippen LogP contribution is 2.21. The molecule has 0 amide bonds. The van der Waals surface area contributed by atoms with Gasteiger partial charge in [0.05, 0.1) is 0 Å². The molecule has 0 radical (unpaired) electrons. The lowest BCUT2D eigenvalue weighted by Gasteiger charge is -2.13. The van der Waals surface area contributed by atoms with Crippen molar-refractivity contribution < 1.29 is 8.42 Å². The Morgan fingerprint density at radius 2 is 2.30 bits per heavy atom. The van der Waals surface area contributed by atoms with Gasteiger partial charge in [-0.3, -0.25) is 0 Å². The van der Waals surface area contributed by atoms with E-state index in [1.165, 1.54) is 11.3 Å². The maximum atomic E-state index is 12.2. The predicted molar refractivity (Wildman–Crippen MR) is 82.5 cm³/mol. The molecule has 5 nitrogen and oxygen atoms in total. The van der Waals surface area contributed by atoms with Crippen LogP contribution >= 0.6 is 11.3 Å². The number of likely N-dealkylation sites (tertiary alicyclic amines) is 1. The number of thiophene rings is 1. The smallest absolute Gasteiger partial charge is 0.250 e. The summed E-state index contributed by atoms with van der Waals surface area (Å²) in [7, 11) is -1.50. The molecular formula is C13H23N3O2S2. The average molecular weight is 317 g/mol. The van der Waals surface area contributed by atoms with Crippen molar-refractivity contribution in [3.63, 3.8) is 0 Å². The minimum Gasteiger partial charge on any atom is -0.316 e. The Kier molecular flexibility index (Phi) is 5.57. The first-order chi connectivity index (χ1) is 9.55.